The number of benzene rings is 5. The molecule has 0 fully saturated rings. The summed E-state index contributed by atoms with van der Waals surface area (Å²) in [5.41, 5.74) is 15.4. The average molecular weight is 873 g/mol. The Morgan fingerprint density at radius 3 is 1.60 bits per heavy atom. The fourth-order valence-electron chi connectivity index (χ4n) is 10.3. The van der Waals surface area contributed by atoms with Gasteiger partial charge in [-0.25, -0.2) is 15.0 Å². The lowest BCUT2D eigenvalue weighted by Crippen LogP contribution is -2.04. The second-order valence-electron chi connectivity index (χ2n) is 17.6. The second kappa shape index (κ2) is 16.6. The summed E-state index contributed by atoms with van der Waals surface area (Å²) in [6, 6.07) is 64.2. The zero-order chi connectivity index (χ0) is 45.0. The van der Waals surface area contributed by atoms with Crippen LogP contribution in [0.25, 0.3) is 106 Å². The number of pyridine rings is 4. The van der Waals surface area contributed by atoms with E-state index in [1.165, 1.54) is 21.9 Å². The Bertz CT molecular complexity index is 3830. The first-order valence-corrected chi connectivity index (χ1v) is 23.5. The van der Waals surface area contributed by atoms with Crippen LogP contribution in [-0.4, -0.2) is 29.1 Å². The fraction of sp³-hybridized carbons (Fsp3) is 0.0645. The fourth-order valence-corrected chi connectivity index (χ4v) is 10.3. The molecule has 0 N–H and O–H groups in total. The van der Waals surface area contributed by atoms with Crippen LogP contribution in [0.2, 0.25) is 0 Å². The Morgan fingerprint density at radius 2 is 0.985 bits per heavy atom. The van der Waals surface area contributed by atoms with Gasteiger partial charge in [0.1, 0.15) is 11.6 Å². The van der Waals surface area contributed by atoms with Crippen molar-refractivity contribution in [2.24, 2.45) is 0 Å². The topological polar surface area (TPSA) is 61.4 Å². The number of hydrogen-bond donors (Lipinski definition) is 0. The smallest absolute Gasteiger partial charge is 0.138 e. The number of rotatable bonds is 8. The van der Waals surface area contributed by atoms with Gasteiger partial charge in [-0.2, -0.15) is 0 Å². The standard InChI is InChI=1S/C62H44N6/c1-5-19-41(20-6-1)45-37-51(43-23-9-3-10-24-43)63-53(39-45)49-29-17-33-59(65-49)67-55-31-15-13-27-47(55)61-57(67)35-36-58-62(61)48-28-14-16-32-56(48)68(58)60-34-18-30-50(66-60)54-40-46(42-21-7-2-8-22-42)38-52(64-54)44-25-11-4-12-26-44/h1,3-7,9-25,27-40,44H,2,8,26H2. The quantitative estimate of drug-likeness (QED) is 0.153. The molecule has 13 rings (SSSR count). The minimum atomic E-state index is 0.213. The van der Waals surface area contributed by atoms with E-state index in [0.717, 1.165) is 115 Å². The molecule has 0 saturated heterocycles. The molecule has 11 aromatic rings. The maximum absolute atomic E-state index is 5.45. The summed E-state index contributed by atoms with van der Waals surface area (Å²) in [5.74, 6) is 1.88. The predicted octanol–water partition coefficient (Wildman–Crippen LogP) is 15.5. The van der Waals surface area contributed by atoms with Crippen molar-refractivity contribution >= 4 is 49.2 Å². The molecule has 5 aromatic carbocycles. The van der Waals surface area contributed by atoms with Crippen molar-refractivity contribution in [3.8, 4) is 56.8 Å². The zero-order valence-electron chi connectivity index (χ0n) is 37.2. The monoisotopic (exact) mass is 872 g/mol. The molecule has 6 heteroatoms. The maximum atomic E-state index is 5.45. The summed E-state index contributed by atoms with van der Waals surface area (Å²) in [5, 5.41) is 4.67. The van der Waals surface area contributed by atoms with Crippen LogP contribution in [0.4, 0.5) is 0 Å². The van der Waals surface area contributed by atoms with Crippen molar-refractivity contribution in [3.63, 3.8) is 0 Å². The Morgan fingerprint density at radius 1 is 0.397 bits per heavy atom. The van der Waals surface area contributed by atoms with Gasteiger partial charge in [-0.15, -0.1) is 0 Å². The second-order valence-corrected chi connectivity index (χ2v) is 17.6. The van der Waals surface area contributed by atoms with Crippen LogP contribution >= 0.6 is 0 Å². The number of nitrogens with zero attached hydrogens (tertiary/aromatic N) is 6. The Balaban J connectivity index is 0.972. The van der Waals surface area contributed by atoms with Gasteiger partial charge in [0.2, 0.25) is 0 Å². The van der Waals surface area contributed by atoms with E-state index in [4.69, 9.17) is 19.9 Å². The summed E-state index contributed by atoms with van der Waals surface area (Å²) in [6.07, 6.45) is 18.6. The molecular formula is C62H44N6. The lowest BCUT2D eigenvalue weighted by Gasteiger charge is -2.17. The highest BCUT2D eigenvalue weighted by atomic mass is 15.1. The first kappa shape index (κ1) is 39.6. The maximum Gasteiger partial charge on any atom is 0.138 e. The Kier molecular flexibility index (Phi) is 9.67. The van der Waals surface area contributed by atoms with Crippen molar-refractivity contribution in [1.82, 2.24) is 29.1 Å². The summed E-state index contributed by atoms with van der Waals surface area (Å²) in [4.78, 5) is 21.4. The number of para-hydroxylation sites is 2. The van der Waals surface area contributed by atoms with Gasteiger partial charge in [0, 0.05) is 38.7 Å². The highest BCUT2D eigenvalue weighted by Gasteiger charge is 2.23. The van der Waals surface area contributed by atoms with Gasteiger partial charge in [0.15, 0.2) is 0 Å². The summed E-state index contributed by atoms with van der Waals surface area (Å²) in [7, 11) is 0. The van der Waals surface area contributed by atoms with E-state index in [0.29, 0.717) is 0 Å². The molecule has 2 aliphatic rings. The van der Waals surface area contributed by atoms with E-state index in [9.17, 15) is 0 Å². The first-order valence-electron chi connectivity index (χ1n) is 23.5. The van der Waals surface area contributed by atoms with Crippen LogP contribution in [0.3, 0.4) is 0 Å². The van der Waals surface area contributed by atoms with Crippen LogP contribution in [0.15, 0.2) is 225 Å². The molecule has 68 heavy (non-hydrogen) atoms. The largest absolute Gasteiger partial charge is 0.294 e. The van der Waals surface area contributed by atoms with Crippen LogP contribution in [0.1, 0.15) is 36.4 Å². The molecule has 6 aromatic heterocycles. The van der Waals surface area contributed by atoms with Crippen LogP contribution in [-0.2, 0) is 0 Å². The van der Waals surface area contributed by atoms with Gasteiger partial charge in [-0.1, -0.05) is 152 Å². The molecule has 0 radical (unpaired) electrons. The number of fused-ring (bicyclic) bond motifs is 7. The highest BCUT2D eigenvalue weighted by molar-refractivity contribution is 6.28. The zero-order valence-corrected chi connectivity index (χ0v) is 37.2. The summed E-state index contributed by atoms with van der Waals surface area (Å²) >= 11 is 0. The molecule has 0 amide bonds. The molecule has 0 aliphatic heterocycles. The number of aromatic nitrogens is 6. The predicted molar refractivity (Wildman–Crippen MR) is 280 cm³/mol. The minimum absolute atomic E-state index is 0.213. The third-order valence-electron chi connectivity index (χ3n) is 13.5. The van der Waals surface area contributed by atoms with E-state index >= 15 is 0 Å². The molecule has 1 atom stereocenters. The number of allylic oxidation sites excluding steroid dienone is 8. The number of hydrogen-bond acceptors (Lipinski definition) is 4. The first-order chi connectivity index (χ1) is 33.7. The molecule has 6 heterocycles. The van der Waals surface area contributed by atoms with E-state index in [-0.39, 0.29) is 5.92 Å². The van der Waals surface area contributed by atoms with Crippen molar-refractivity contribution in [2.45, 2.75) is 25.2 Å². The van der Waals surface area contributed by atoms with Gasteiger partial charge in [-0.05, 0) is 114 Å². The van der Waals surface area contributed by atoms with Crippen molar-refractivity contribution in [3.05, 3.63) is 236 Å². The molecule has 1 unspecified atom stereocenters. The van der Waals surface area contributed by atoms with Gasteiger partial charge in [0.25, 0.3) is 0 Å². The summed E-state index contributed by atoms with van der Waals surface area (Å²) < 4.78 is 4.63. The van der Waals surface area contributed by atoms with Crippen molar-refractivity contribution in [2.75, 3.05) is 0 Å². The molecule has 0 saturated carbocycles. The lowest BCUT2D eigenvalue weighted by molar-refractivity contribution is 0.816. The molecular weight excluding hydrogens is 829 g/mol. The Labute approximate surface area is 394 Å². The van der Waals surface area contributed by atoms with Gasteiger partial charge >= 0.3 is 0 Å². The highest BCUT2D eigenvalue weighted by Crippen LogP contribution is 2.43. The molecule has 0 bridgehead atoms. The van der Waals surface area contributed by atoms with Gasteiger partial charge in [-0.3, -0.25) is 14.1 Å². The van der Waals surface area contributed by atoms with Crippen LogP contribution in [0, 0.1) is 0 Å². The molecule has 2 aliphatic carbocycles. The van der Waals surface area contributed by atoms with Crippen LogP contribution in [0.5, 0.6) is 0 Å². The minimum Gasteiger partial charge on any atom is -0.294 e. The van der Waals surface area contributed by atoms with Gasteiger partial charge in [0.05, 0.1) is 50.5 Å². The molecule has 6 nitrogen and oxygen atoms in total. The SMILES string of the molecule is C1=CCC(c2cc(C3=CCCC=C3)cc(-c3cccc(-n4c5ccccc5c5c6c7ccccc7n(-c7cccc(-c8cc(-c9ccccc9)cc(-c9ccccc9)n8)n7)c6ccc54)n3)n2)C=C1. The van der Waals surface area contributed by atoms with Crippen molar-refractivity contribution in [1.29, 1.82) is 0 Å². The average Bonchev–Trinajstić information content (AvgIpc) is 3.95. The lowest BCUT2D eigenvalue weighted by atomic mass is 9.92. The van der Waals surface area contributed by atoms with E-state index in [1.54, 1.807) is 0 Å². The van der Waals surface area contributed by atoms with E-state index < -0.39 is 0 Å². The van der Waals surface area contributed by atoms with E-state index in [1.807, 2.05) is 6.07 Å². The van der Waals surface area contributed by atoms with Crippen LogP contribution < -0.4 is 0 Å². The summed E-state index contributed by atoms with van der Waals surface area (Å²) in [6.45, 7) is 0. The molecule has 322 valence electrons. The third kappa shape index (κ3) is 6.88. The van der Waals surface area contributed by atoms with Crippen molar-refractivity contribution < 1.29 is 0 Å². The third-order valence-corrected chi connectivity index (χ3v) is 13.5. The van der Waals surface area contributed by atoms with Gasteiger partial charge < -0.3 is 0 Å². The normalized spacial score (nSPS) is 14.6. The molecule has 0 spiro atoms. The van der Waals surface area contributed by atoms with E-state index in [2.05, 4.69) is 228 Å². The Hall–Kier alpha value is -8.74.